The molecule has 3 rings (SSSR count). The van der Waals surface area contributed by atoms with Gasteiger partial charge in [0.25, 0.3) is 0 Å². The molecule has 0 aliphatic carbocycles. The summed E-state index contributed by atoms with van der Waals surface area (Å²) < 4.78 is 0. The summed E-state index contributed by atoms with van der Waals surface area (Å²) in [5.41, 5.74) is 1.55. The van der Waals surface area contributed by atoms with Gasteiger partial charge in [-0.1, -0.05) is 58.0 Å². The van der Waals surface area contributed by atoms with Crippen molar-refractivity contribution in [2.45, 2.75) is 110 Å². The Hall–Kier alpha value is -2.86. The van der Waals surface area contributed by atoms with Crippen molar-refractivity contribution in [1.29, 1.82) is 0 Å². The molecule has 11 heteroatoms. The molecule has 250 valence electrons. The van der Waals surface area contributed by atoms with Crippen LogP contribution in [0.3, 0.4) is 0 Å². The van der Waals surface area contributed by atoms with Crippen LogP contribution in [0.2, 0.25) is 0 Å². The number of aromatic nitrogens is 1. The van der Waals surface area contributed by atoms with Crippen molar-refractivity contribution in [1.82, 2.24) is 31.2 Å². The number of aryl methyl sites for hydroxylation is 1. The first-order chi connectivity index (χ1) is 21.2. The fourth-order valence-electron chi connectivity index (χ4n) is 5.44. The van der Waals surface area contributed by atoms with Gasteiger partial charge in [0, 0.05) is 61.9 Å². The number of β-amino-alcohol motifs (C(OH)–C–C–N with tert-alkyl or cyclic N) is 1. The zero-order chi connectivity index (χ0) is 33.1. The lowest BCUT2D eigenvalue weighted by Gasteiger charge is -2.39. The molecule has 4 atom stereocenters. The Kier molecular flexibility index (Phi) is 14.0. The number of carbonyl (C=O) groups excluding carboxylic acids is 3. The molecule has 45 heavy (non-hydrogen) atoms. The highest BCUT2D eigenvalue weighted by Crippen LogP contribution is 2.20. The molecule has 1 unspecified atom stereocenters. The summed E-state index contributed by atoms with van der Waals surface area (Å²) in [6, 6.07) is 8.32. The van der Waals surface area contributed by atoms with Crippen molar-refractivity contribution >= 4 is 29.1 Å². The largest absolute Gasteiger partial charge is 0.390 e. The van der Waals surface area contributed by atoms with Crippen LogP contribution in [0.15, 0.2) is 35.7 Å². The molecule has 1 aromatic carbocycles. The molecule has 0 radical (unpaired) electrons. The number of thiazole rings is 1. The van der Waals surface area contributed by atoms with E-state index in [0.29, 0.717) is 44.8 Å². The van der Waals surface area contributed by atoms with Crippen LogP contribution in [0.1, 0.15) is 83.5 Å². The van der Waals surface area contributed by atoms with Gasteiger partial charge in [-0.15, -0.1) is 11.3 Å². The van der Waals surface area contributed by atoms with Crippen LogP contribution in [0.4, 0.5) is 0 Å². The quantitative estimate of drug-likeness (QED) is 0.202. The number of aliphatic hydroxyl groups is 1. The van der Waals surface area contributed by atoms with E-state index < -0.39 is 18.2 Å². The van der Waals surface area contributed by atoms with E-state index in [2.05, 4.69) is 45.0 Å². The minimum absolute atomic E-state index is 0.0320. The number of amides is 3. The third-order valence-corrected chi connectivity index (χ3v) is 9.05. The Balaban J connectivity index is 1.68. The first kappa shape index (κ1) is 36.6. The van der Waals surface area contributed by atoms with Gasteiger partial charge in [0.1, 0.15) is 6.04 Å². The van der Waals surface area contributed by atoms with Crippen molar-refractivity contribution in [3.63, 3.8) is 0 Å². The average Bonchev–Trinajstić information content (AvgIpc) is 3.44. The number of benzene rings is 1. The fraction of sp³-hybridized carbons (Fsp3) is 0.647. The minimum Gasteiger partial charge on any atom is -0.390 e. The Labute approximate surface area is 273 Å². The van der Waals surface area contributed by atoms with Crippen LogP contribution >= 0.6 is 11.3 Å². The fourth-order valence-corrected chi connectivity index (χ4v) is 6.31. The minimum atomic E-state index is -0.899. The van der Waals surface area contributed by atoms with E-state index in [9.17, 15) is 19.5 Å². The second kappa shape index (κ2) is 17.2. The van der Waals surface area contributed by atoms with Crippen molar-refractivity contribution in [3.8, 4) is 0 Å². The summed E-state index contributed by atoms with van der Waals surface area (Å²) in [5.74, 6) is -0.378. The van der Waals surface area contributed by atoms with E-state index >= 15 is 0 Å². The first-order valence-electron chi connectivity index (χ1n) is 16.2. The lowest BCUT2D eigenvalue weighted by atomic mass is 9.97. The molecule has 1 fully saturated rings. The second-order valence-corrected chi connectivity index (χ2v) is 14.7. The zero-order valence-corrected chi connectivity index (χ0v) is 28.9. The molecular formula is C34H54N6O4S. The second-order valence-electron chi connectivity index (χ2n) is 13.8. The van der Waals surface area contributed by atoms with Gasteiger partial charge in [0.2, 0.25) is 17.7 Å². The number of nitrogens with zero attached hydrogens (tertiary/aromatic N) is 2. The predicted molar refractivity (Wildman–Crippen MR) is 180 cm³/mol. The van der Waals surface area contributed by atoms with Crippen LogP contribution < -0.4 is 21.3 Å². The molecule has 0 spiro atoms. The maximum atomic E-state index is 13.7. The Morgan fingerprint density at radius 3 is 2.42 bits per heavy atom. The van der Waals surface area contributed by atoms with E-state index in [0.717, 1.165) is 22.8 Å². The number of piperazine rings is 1. The van der Waals surface area contributed by atoms with Gasteiger partial charge >= 0.3 is 0 Å². The highest BCUT2D eigenvalue weighted by Gasteiger charge is 2.33. The van der Waals surface area contributed by atoms with Gasteiger partial charge in [-0.2, -0.15) is 0 Å². The van der Waals surface area contributed by atoms with Crippen molar-refractivity contribution in [2.75, 3.05) is 26.2 Å². The Morgan fingerprint density at radius 2 is 1.80 bits per heavy atom. The van der Waals surface area contributed by atoms with Crippen LogP contribution in [0.5, 0.6) is 0 Å². The summed E-state index contributed by atoms with van der Waals surface area (Å²) in [6.07, 6.45) is 0.588. The normalized spacial score (nSPS) is 18.0. The lowest BCUT2D eigenvalue weighted by molar-refractivity contribution is -0.131. The standard InChI is InChI=1S/C34H54N6O4S/c1-22(2)31(38-29(42)14-13-25-21-45-33(36-25)23(3)4)32(44)37-27(17-24-11-9-8-10-12-24)28(41)20-40-16-15-35-19-26(40)18-30(43)39-34(5,6)7/h8-12,21-23,26-28,31,35,41H,13-20H2,1-7H3,(H,37,44)(H,38,42)(H,39,43)/t26?,27-,28+,31-/m0/s1. The summed E-state index contributed by atoms with van der Waals surface area (Å²) >= 11 is 1.60. The molecule has 1 saturated heterocycles. The summed E-state index contributed by atoms with van der Waals surface area (Å²) in [4.78, 5) is 46.1. The maximum absolute atomic E-state index is 13.7. The smallest absolute Gasteiger partial charge is 0.243 e. The third kappa shape index (κ3) is 12.5. The number of rotatable bonds is 15. The van der Waals surface area contributed by atoms with E-state index in [-0.39, 0.29) is 41.6 Å². The molecule has 0 saturated carbocycles. The van der Waals surface area contributed by atoms with Crippen molar-refractivity contribution in [3.05, 3.63) is 52.0 Å². The first-order valence-corrected chi connectivity index (χ1v) is 17.1. The van der Waals surface area contributed by atoms with E-state index in [1.165, 1.54) is 0 Å². The summed E-state index contributed by atoms with van der Waals surface area (Å²) in [5, 5.41) is 27.0. The Morgan fingerprint density at radius 1 is 1.09 bits per heavy atom. The van der Waals surface area contributed by atoms with Crippen molar-refractivity contribution < 1.29 is 19.5 Å². The molecular weight excluding hydrogens is 588 g/mol. The number of aliphatic hydroxyl groups excluding tert-OH is 1. The SMILES string of the molecule is CC(C)c1nc(CCC(=O)N[C@H](C(=O)N[C@@H](Cc2ccccc2)[C@H](O)CN2CCNCC2CC(=O)NC(C)(C)C)C(C)C)cs1. The number of hydrogen-bond acceptors (Lipinski definition) is 8. The monoisotopic (exact) mass is 642 g/mol. The van der Waals surface area contributed by atoms with Crippen molar-refractivity contribution in [2.24, 2.45) is 5.92 Å². The van der Waals surface area contributed by atoms with Gasteiger partial charge in [0.05, 0.1) is 22.8 Å². The molecule has 1 aliphatic heterocycles. The van der Waals surface area contributed by atoms with Gasteiger partial charge in [-0.25, -0.2) is 4.98 Å². The molecule has 0 bridgehead atoms. The van der Waals surface area contributed by atoms with Crippen LogP contribution in [0.25, 0.3) is 0 Å². The number of carbonyl (C=O) groups is 3. The van der Waals surface area contributed by atoms with Crippen LogP contribution in [-0.4, -0.2) is 88.7 Å². The van der Waals surface area contributed by atoms with E-state index in [1.807, 2.05) is 70.3 Å². The molecule has 2 heterocycles. The number of hydrogen-bond donors (Lipinski definition) is 5. The highest BCUT2D eigenvalue weighted by atomic mass is 32.1. The molecule has 5 N–H and O–H groups in total. The van der Waals surface area contributed by atoms with Gasteiger partial charge < -0.3 is 26.4 Å². The lowest BCUT2D eigenvalue weighted by Crippen LogP contribution is -2.59. The number of nitrogens with one attached hydrogen (secondary N) is 4. The topological polar surface area (TPSA) is 136 Å². The molecule has 2 aromatic rings. The predicted octanol–water partition coefficient (Wildman–Crippen LogP) is 3.01. The Bertz CT molecular complexity index is 1230. The zero-order valence-electron chi connectivity index (χ0n) is 28.1. The van der Waals surface area contributed by atoms with Gasteiger partial charge in [-0.05, 0) is 45.1 Å². The maximum Gasteiger partial charge on any atom is 0.243 e. The summed E-state index contributed by atoms with van der Waals surface area (Å²) in [7, 11) is 0. The molecule has 10 nitrogen and oxygen atoms in total. The molecule has 1 aliphatic rings. The average molecular weight is 643 g/mol. The molecule has 1 aromatic heterocycles. The van der Waals surface area contributed by atoms with Gasteiger partial charge in [0.15, 0.2) is 0 Å². The third-order valence-electron chi connectivity index (χ3n) is 7.86. The van der Waals surface area contributed by atoms with Crippen LogP contribution in [0, 0.1) is 5.92 Å². The molecule has 3 amide bonds. The van der Waals surface area contributed by atoms with E-state index in [1.54, 1.807) is 11.3 Å². The van der Waals surface area contributed by atoms with Gasteiger partial charge in [-0.3, -0.25) is 19.3 Å². The highest BCUT2D eigenvalue weighted by molar-refractivity contribution is 7.09. The van der Waals surface area contributed by atoms with E-state index in [4.69, 9.17) is 0 Å². The summed E-state index contributed by atoms with van der Waals surface area (Å²) in [6.45, 7) is 16.2. The van der Waals surface area contributed by atoms with Crippen LogP contribution in [-0.2, 0) is 27.2 Å².